The first kappa shape index (κ1) is 24.3. The quantitative estimate of drug-likeness (QED) is 0.210. The second-order valence-electron chi connectivity index (χ2n) is 11.4. The van der Waals surface area contributed by atoms with Gasteiger partial charge < -0.3 is 13.4 Å². The van der Waals surface area contributed by atoms with Crippen molar-refractivity contribution in [3.8, 4) is 28.3 Å². The van der Waals surface area contributed by atoms with Gasteiger partial charge >= 0.3 is 0 Å². The predicted molar refractivity (Wildman–Crippen MR) is 182 cm³/mol. The smallest absolute Gasteiger partial charge is 0.231 e. The van der Waals surface area contributed by atoms with Gasteiger partial charge in [-0.15, -0.1) is 0 Å². The molecule has 4 aromatic heterocycles. The van der Waals surface area contributed by atoms with E-state index in [4.69, 9.17) is 18.8 Å². The Hall–Kier alpha value is -6.20. The minimum atomic E-state index is 0.582. The van der Waals surface area contributed by atoms with Gasteiger partial charge in [0.2, 0.25) is 5.71 Å². The van der Waals surface area contributed by atoms with E-state index in [0.717, 1.165) is 77.2 Å². The van der Waals surface area contributed by atoms with Crippen molar-refractivity contribution >= 4 is 65.8 Å². The number of furan rings is 2. The van der Waals surface area contributed by atoms with Crippen LogP contribution in [0.1, 0.15) is 0 Å². The summed E-state index contributed by atoms with van der Waals surface area (Å²) in [7, 11) is 0. The third-order valence-corrected chi connectivity index (χ3v) is 8.85. The predicted octanol–water partition coefficient (Wildman–Crippen LogP) is 10.7. The minimum Gasteiger partial charge on any atom is -0.454 e. The van der Waals surface area contributed by atoms with Crippen molar-refractivity contribution < 1.29 is 8.83 Å². The second kappa shape index (κ2) is 9.15. The van der Waals surface area contributed by atoms with Crippen molar-refractivity contribution in [2.75, 3.05) is 0 Å². The van der Waals surface area contributed by atoms with Gasteiger partial charge in [0, 0.05) is 43.7 Å². The molecule has 0 saturated carbocycles. The minimum absolute atomic E-state index is 0.582. The number of hydrogen-bond donors (Lipinski definition) is 0. The average Bonchev–Trinajstić information content (AvgIpc) is 3.78. The number of rotatable bonds is 3. The Bertz CT molecular complexity index is 2750. The number of para-hydroxylation sites is 3. The highest BCUT2D eigenvalue weighted by molar-refractivity contribution is 6.21. The number of nitrogens with zero attached hydrogens (tertiary/aromatic N) is 3. The molecule has 5 nitrogen and oxygen atoms in total. The fourth-order valence-corrected chi connectivity index (χ4v) is 6.82. The highest BCUT2D eigenvalue weighted by atomic mass is 16.3. The summed E-state index contributed by atoms with van der Waals surface area (Å²) in [4.78, 5) is 10.1. The van der Waals surface area contributed by atoms with Gasteiger partial charge in [0.05, 0.1) is 22.1 Å². The fraction of sp³-hybridized carbons (Fsp3) is 0. The molecule has 6 aromatic carbocycles. The summed E-state index contributed by atoms with van der Waals surface area (Å²) in [5.41, 5.74) is 9.17. The molecule has 0 atom stereocenters. The molecule has 0 aliphatic carbocycles. The summed E-state index contributed by atoms with van der Waals surface area (Å²) in [5.74, 6) is 0.619. The molecule has 0 amide bonds. The van der Waals surface area contributed by atoms with Gasteiger partial charge in [0.15, 0.2) is 11.4 Å². The van der Waals surface area contributed by atoms with Crippen LogP contribution in [0.5, 0.6) is 0 Å². The number of hydrogen-bond acceptors (Lipinski definition) is 4. The summed E-state index contributed by atoms with van der Waals surface area (Å²) in [6.45, 7) is 0. The van der Waals surface area contributed by atoms with E-state index in [1.165, 1.54) is 5.39 Å². The van der Waals surface area contributed by atoms with Crippen molar-refractivity contribution in [2.24, 2.45) is 0 Å². The van der Waals surface area contributed by atoms with Crippen LogP contribution >= 0.6 is 0 Å². The fourth-order valence-electron chi connectivity index (χ4n) is 6.82. The van der Waals surface area contributed by atoms with Crippen LogP contribution in [0.3, 0.4) is 0 Å². The molecule has 10 rings (SSSR count). The van der Waals surface area contributed by atoms with E-state index in [0.29, 0.717) is 11.5 Å². The summed E-state index contributed by atoms with van der Waals surface area (Å²) < 4.78 is 15.1. The molecule has 0 spiro atoms. The highest BCUT2D eigenvalue weighted by Crippen LogP contribution is 2.41. The number of benzene rings is 6. The molecule has 0 N–H and O–H groups in total. The lowest BCUT2D eigenvalue weighted by atomic mass is 10.1. The molecule has 0 aliphatic rings. The molecule has 5 heteroatoms. The SMILES string of the molecule is c1ccc(-c2nc(-c3ccc(-n4c5ccccc5c5ccc6c7ccccc7oc6c54)cc3)nc3oc4ccccc4c23)cc1. The molecule has 10 aromatic rings. The van der Waals surface area contributed by atoms with E-state index < -0.39 is 0 Å². The molecule has 4 heterocycles. The van der Waals surface area contributed by atoms with E-state index in [-0.39, 0.29) is 0 Å². The van der Waals surface area contributed by atoms with Crippen LogP contribution in [0, 0.1) is 0 Å². The summed E-state index contributed by atoms with van der Waals surface area (Å²) in [5, 5.41) is 6.51. The molecule has 0 aliphatic heterocycles. The summed E-state index contributed by atoms with van der Waals surface area (Å²) in [6, 6.07) is 47.9. The Balaban J connectivity index is 1.19. The van der Waals surface area contributed by atoms with Crippen LogP contribution < -0.4 is 0 Å². The van der Waals surface area contributed by atoms with E-state index in [1.54, 1.807) is 0 Å². The molecular weight excluding hydrogens is 554 g/mol. The molecule has 0 bridgehead atoms. The molecule has 0 unspecified atom stereocenters. The third kappa shape index (κ3) is 3.49. The zero-order valence-corrected chi connectivity index (χ0v) is 23.9. The first-order valence-corrected chi connectivity index (χ1v) is 15.0. The Kier molecular flexibility index (Phi) is 4.93. The van der Waals surface area contributed by atoms with Crippen LogP contribution in [0.15, 0.2) is 148 Å². The Morgan fingerprint density at radius 3 is 1.96 bits per heavy atom. The van der Waals surface area contributed by atoms with Crippen LogP contribution in [0.25, 0.3) is 94.1 Å². The second-order valence-corrected chi connectivity index (χ2v) is 11.4. The van der Waals surface area contributed by atoms with Gasteiger partial charge in [-0.25, -0.2) is 4.98 Å². The zero-order valence-electron chi connectivity index (χ0n) is 23.9. The average molecular weight is 578 g/mol. The lowest BCUT2D eigenvalue weighted by Gasteiger charge is -2.10. The maximum Gasteiger partial charge on any atom is 0.231 e. The maximum atomic E-state index is 6.52. The topological polar surface area (TPSA) is 57.0 Å². The highest BCUT2D eigenvalue weighted by Gasteiger charge is 2.20. The molecule has 210 valence electrons. The van der Waals surface area contributed by atoms with Gasteiger partial charge in [-0.2, -0.15) is 4.98 Å². The van der Waals surface area contributed by atoms with E-state index in [2.05, 4.69) is 95.6 Å². The van der Waals surface area contributed by atoms with Crippen molar-refractivity contribution in [3.05, 3.63) is 140 Å². The first-order chi connectivity index (χ1) is 22.3. The van der Waals surface area contributed by atoms with Gasteiger partial charge in [0.25, 0.3) is 0 Å². The van der Waals surface area contributed by atoms with Crippen molar-refractivity contribution in [2.45, 2.75) is 0 Å². The lowest BCUT2D eigenvalue weighted by Crippen LogP contribution is -1.96. The first-order valence-electron chi connectivity index (χ1n) is 15.0. The lowest BCUT2D eigenvalue weighted by molar-refractivity contribution is 0.653. The largest absolute Gasteiger partial charge is 0.454 e. The van der Waals surface area contributed by atoms with Crippen LogP contribution in [-0.4, -0.2) is 14.5 Å². The van der Waals surface area contributed by atoms with Gasteiger partial charge in [-0.05, 0) is 48.5 Å². The summed E-state index contributed by atoms with van der Waals surface area (Å²) >= 11 is 0. The van der Waals surface area contributed by atoms with Gasteiger partial charge in [0.1, 0.15) is 11.2 Å². The molecule has 45 heavy (non-hydrogen) atoms. The Labute approximate surface area is 256 Å². The van der Waals surface area contributed by atoms with E-state index in [9.17, 15) is 0 Å². The Morgan fingerprint density at radius 1 is 0.467 bits per heavy atom. The number of aromatic nitrogens is 3. The monoisotopic (exact) mass is 577 g/mol. The van der Waals surface area contributed by atoms with E-state index >= 15 is 0 Å². The van der Waals surface area contributed by atoms with Crippen LogP contribution in [0.4, 0.5) is 0 Å². The van der Waals surface area contributed by atoms with Crippen LogP contribution in [-0.2, 0) is 0 Å². The van der Waals surface area contributed by atoms with Gasteiger partial charge in [-0.3, -0.25) is 0 Å². The normalized spacial score (nSPS) is 12.0. The van der Waals surface area contributed by atoms with Crippen molar-refractivity contribution in [3.63, 3.8) is 0 Å². The van der Waals surface area contributed by atoms with Crippen LogP contribution in [0.2, 0.25) is 0 Å². The van der Waals surface area contributed by atoms with Crippen molar-refractivity contribution in [1.29, 1.82) is 0 Å². The van der Waals surface area contributed by atoms with E-state index in [1.807, 2.05) is 48.5 Å². The Morgan fingerprint density at radius 2 is 1.13 bits per heavy atom. The zero-order chi connectivity index (χ0) is 29.5. The van der Waals surface area contributed by atoms with Crippen molar-refractivity contribution in [1.82, 2.24) is 14.5 Å². The third-order valence-electron chi connectivity index (χ3n) is 8.85. The van der Waals surface area contributed by atoms with Gasteiger partial charge in [-0.1, -0.05) is 91.0 Å². The maximum absolute atomic E-state index is 6.52. The molecule has 0 fully saturated rings. The summed E-state index contributed by atoms with van der Waals surface area (Å²) in [6.07, 6.45) is 0. The molecule has 0 radical (unpaired) electrons. The molecular formula is C40H23N3O2. The number of fused-ring (bicyclic) bond motifs is 10. The standard InChI is InChI=1S/C40H23N3O2/c1-2-10-24(11-3-1)36-35-31-14-6-9-17-34(31)45-40(35)42-39(41-36)25-18-20-26(21-19-25)43-32-15-7-4-12-27(32)29-22-23-30-28-13-5-8-16-33(28)44-38(30)37(29)43/h1-23H. The molecule has 0 saturated heterocycles.